The Kier molecular flexibility index (Phi) is 7.59. The van der Waals surface area contributed by atoms with Crippen LogP contribution in [0.5, 0.6) is 11.5 Å². The van der Waals surface area contributed by atoms with E-state index in [2.05, 4.69) is 5.32 Å². The van der Waals surface area contributed by atoms with Crippen LogP contribution in [-0.4, -0.2) is 51.8 Å². The number of methoxy groups -OCH3 is 1. The van der Waals surface area contributed by atoms with E-state index < -0.39 is 33.4 Å². The summed E-state index contributed by atoms with van der Waals surface area (Å²) >= 11 is 0. The monoisotopic (exact) mass is 437 g/mol. The topological polar surface area (TPSA) is 128 Å². The summed E-state index contributed by atoms with van der Waals surface area (Å²) in [6.45, 7) is 1.35. The molecule has 0 fully saturated rings. The Labute approximate surface area is 174 Å². The highest BCUT2D eigenvalue weighted by molar-refractivity contribution is 7.92. The number of nitro groups is 1. The Morgan fingerprint density at radius 3 is 2.40 bits per heavy atom. The summed E-state index contributed by atoms with van der Waals surface area (Å²) < 4.78 is 35.7. The lowest BCUT2D eigenvalue weighted by Crippen LogP contribution is -2.44. The largest absolute Gasteiger partial charge is 0.497 e. The average Bonchev–Trinajstić information content (AvgIpc) is 2.70. The van der Waals surface area contributed by atoms with Crippen LogP contribution in [0, 0.1) is 10.1 Å². The molecular formula is C19H23N3O7S. The second-order valence-electron chi connectivity index (χ2n) is 6.50. The van der Waals surface area contributed by atoms with Crippen molar-refractivity contribution in [3.05, 3.63) is 58.6 Å². The number of rotatable bonds is 10. The number of carbonyl (C=O) groups excluding carboxylic acids is 1. The van der Waals surface area contributed by atoms with Gasteiger partial charge in [0.2, 0.25) is 15.9 Å². The average molecular weight is 437 g/mol. The maximum absolute atomic E-state index is 12.4. The van der Waals surface area contributed by atoms with E-state index >= 15 is 0 Å². The summed E-state index contributed by atoms with van der Waals surface area (Å²) in [5.74, 6) is 0.703. The number of hydrogen-bond donors (Lipinski definition) is 1. The molecule has 2 aromatic rings. The van der Waals surface area contributed by atoms with Gasteiger partial charge in [0.15, 0.2) is 0 Å². The van der Waals surface area contributed by atoms with Crippen LogP contribution in [0.2, 0.25) is 0 Å². The Hall–Kier alpha value is -3.34. The summed E-state index contributed by atoms with van der Waals surface area (Å²) in [6.07, 6.45) is 0.926. The second kappa shape index (κ2) is 9.92. The number of amides is 1. The van der Waals surface area contributed by atoms with E-state index in [-0.39, 0.29) is 18.0 Å². The number of non-ortho nitro benzene ring substituents is 1. The summed E-state index contributed by atoms with van der Waals surface area (Å²) in [4.78, 5) is 22.7. The highest BCUT2D eigenvalue weighted by Gasteiger charge is 2.23. The molecule has 0 radical (unpaired) electrons. The third kappa shape index (κ3) is 6.62. The summed E-state index contributed by atoms with van der Waals surface area (Å²) in [5, 5.41) is 13.6. The molecule has 0 saturated heterocycles. The first-order valence-electron chi connectivity index (χ1n) is 8.88. The van der Waals surface area contributed by atoms with E-state index in [0.29, 0.717) is 11.5 Å². The number of benzene rings is 2. The number of nitro benzene ring substituents is 1. The van der Waals surface area contributed by atoms with E-state index in [9.17, 15) is 23.3 Å². The van der Waals surface area contributed by atoms with Crippen molar-refractivity contribution in [2.24, 2.45) is 0 Å². The second-order valence-corrected chi connectivity index (χ2v) is 8.41. The van der Waals surface area contributed by atoms with Crippen molar-refractivity contribution in [2.45, 2.75) is 13.0 Å². The number of anilines is 1. The van der Waals surface area contributed by atoms with Crippen LogP contribution in [0.4, 0.5) is 11.4 Å². The predicted molar refractivity (Wildman–Crippen MR) is 111 cm³/mol. The van der Waals surface area contributed by atoms with E-state index in [0.717, 1.165) is 16.6 Å². The van der Waals surface area contributed by atoms with Crippen molar-refractivity contribution in [3.63, 3.8) is 0 Å². The number of hydrogen-bond acceptors (Lipinski definition) is 7. The molecule has 1 N–H and O–H groups in total. The van der Waals surface area contributed by atoms with E-state index in [1.165, 1.54) is 18.2 Å². The van der Waals surface area contributed by atoms with E-state index in [1.807, 2.05) is 0 Å². The lowest BCUT2D eigenvalue weighted by Gasteiger charge is -2.23. The minimum absolute atomic E-state index is 0.0315. The van der Waals surface area contributed by atoms with Crippen LogP contribution >= 0.6 is 0 Å². The molecule has 0 saturated carbocycles. The smallest absolute Gasteiger partial charge is 0.271 e. The van der Waals surface area contributed by atoms with Gasteiger partial charge in [-0.05, 0) is 37.3 Å². The lowest BCUT2D eigenvalue weighted by atomic mass is 10.3. The number of ether oxygens (including phenoxy) is 2. The Bertz CT molecular complexity index is 993. The maximum Gasteiger partial charge on any atom is 0.271 e. The van der Waals surface area contributed by atoms with Crippen LogP contribution < -0.4 is 19.1 Å². The SMILES string of the molecule is COc1ccc(OC[C@H](C)NC(=O)CN(c2cccc([N+](=O)[O-])c2)S(C)(=O)=O)cc1. The minimum atomic E-state index is -3.85. The van der Waals surface area contributed by atoms with Gasteiger partial charge < -0.3 is 14.8 Å². The molecule has 30 heavy (non-hydrogen) atoms. The molecule has 162 valence electrons. The van der Waals surface area contributed by atoms with Gasteiger partial charge in [-0.25, -0.2) is 8.42 Å². The number of nitrogens with zero attached hydrogens (tertiary/aromatic N) is 2. The highest BCUT2D eigenvalue weighted by Crippen LogP contribution is 2.23. The van der Waals surface area contributed by atoms with Gasteiger partial charge in [0, 0.05) is 12.1 Å². The molecule has 1 atom stereocenters. The lowest BCUT2D eigenvalue weighted by molar-refractivity contribution is -0.384. The highest BCUT2D eigenvalue weighted by atomic mass is 32.2. The zero-order valence-corrected chi connectivity index (χ0v) is 17.6. The first-order chi connectivity index (χ1) is 14.1. The molecule has 0 bridgehead atoms. The quantitative estimate of drug-likeness (QED) is 0.444. The van der Waals surface area contributed by atoms with Crippen LogP contribution in [0.15, 0.2) is 48.5 Å². The molecule has 0 aliphatic rings. The van der Waals surface area contributed by atoms with Crippen LogP contribution in [0.3, 0.4) is 0 Å². The fourth-order valence-corrected chi connectivity index (χ4v) is 3.40. The molecule has 1 amide bonds. The molecule has 2 rings (SSSR count). The zero-order valence-electron chi connectivity index (χ0n) is 16.8. The molecule has 11 heteroatoms. The molecule has 0 aliphatic carbocycles. The Morgan fingerprint density at radius 1 is 1.20 bits per heavy atom. The Balaban J connectivity index is 2.00. The predicted octanol–water partition coefficient (Wildman–Crippen LogP) is 1.95. The summed E-state index contributed by atoms with van der Waals surface area (Å²) in [5.41, 5.74) is -0.244. The molecule has 10 nitrogen and oxygen atoms in total. The van der Waals surface area contributed by atoms with Crippen molar-refractivity contribution in [2.75, 3.05) is 30.8 Å². The van der Waals surface area contributed by atoms with Gasteiger partial charge in [0.05, 0.1) is 30.0 Å². The first kappa shape index (κ1) is 22.9. The number of sulfonamides is 1. The zero-order chi connectivity index (χ0) is 22.3. The number of carbonyl (C=O) groups is 1. The normalized spacial score (nSPS) is 12.0. The van der Waals surface area contributed by atoms with Crippen molar-refractivity contribution >= 4 is 27.3 Å². The number of nitrogens with one attached hydrogen (secondary N) is 1. The van der Waals surface area contributed by atoms with E-state index in [4.69, 9.17) is 9.47 Å². The van der Waals surface area contributed by atoms with Gasteiger partial charge in [-0.2, -0.15) is 0 Å². The molecule has 0 aromatic heterocycles. The standard InChI is InChI=1S/C19H23N3O7S/c1-14(13-29-18-9-7-17(28-2)8-10-18)20-19(23)12-21(30(3,26)27)15-5-4-6-16(11-15)22(24)25/h4-11,14H,12-13H2,1-3H3,(H,20,23)/t14-/m0/s1. The van der Waals surface area contributed by atoms with Gasteiger partial charge in [-0.3, -0.25) is 19.2 Å². The van der Waals surface area contributed by atoms with Gasteiger partial charge in [0.1, 0.15) is 24.7 Å². The summed E-state index contributed by atoms with van der Waals surface area (Å²) in [6, 6.07) is 11.6. The van der Waals surface area contributed by atoms with Gasteiger partial charge in [0.25, 0.3) is 5.69 Å². The maximum atomic E-state index is 12.4. The first-order valence-corrected chi connectivity index (χ1v) is 10.7. The van der Waals surface area contributed by atoms with E-state index in [1.54, 1.807) is 38.3 Å². The fourth-order valence-electron chi connectivity index (χ4n) is 2.55. The molecule has 0 unspecified atom stereocenters. The van der Waals surface area contributed by atoms with Crippen molar-refractivity contribution in [1.82, 2.24) is 5.32 Å². The Morgan fingerprint density at radius 2 is 1.83 bits per heavy atom. The van der Waals surface area contributed by atoms with Crippen LogP contribution in [0.1, 0.15) is 6.92 Å². The molecule has 0 aliphatic heterocycles. The van der Waals surface area contributed by atoms with Crippen molar-refractivity contribution in [1.29, 1.82) is 0 Å². The molecular weight excluding hydrogens is 414 g/mol. The molecule has 0 heterocycles. The van der Waals surface area contributed by atoms with Gasteiger partial charge in [-0.15, -0.1) is 0 Å². The van der Waals surface area contributed by atoms with Gasteiger partial charge in [-0.1, -0.05) is 6.07 Å². The third-order valence-corrected chi connectivity index (χ3v) is 5.12. The van der Waals surface area contributed by atoms with Crippen LogP contribution in [0.25, 0.3) is 0 Å². The fraction of sp³-hybridized carbons (Fsp3) is 0.316. The van der Waals surface area contributed by atoms with Crippen molar-refractivity contribution in [3.8, 4) is 11.5 Å². The van der Waals surface area contributed by atoms with Crippen LogP contribution in [-0.2, 0) is 14.8 Å². The van der Waals surface area contributed by atoms with Crippen molar-refractivity contribution < 1.29 is 27.6 Å². The molecule has 2 aromatic carbocycles. The minimum Gasteiger partial charge on any atom is -0.497 e. The molecule has 0 spiro atoms. The third-order valence-electron chi connectivity index (χ3n) is 3.98. The van der Waals surface area contributed by atoms with Gasteiger partial charge >= 0.3 is 0 Å². The summed E-state index contributed by atoms with van der Waals surface area (Å²) in [7, 11) is -2.29.